The third kappa shape index (κ3) is 4.96. The standard InChI is InChI=1S/C60H82O2/c1-47-15-39-16-48(2,21-47)26-55(19-39,25-47)43-13-41(9-11-45(43)61)57-29-51(5)23-52(6,30-57)34-59(33-51,37-57)60-35-53(7)24-54(8,36-60)32-58(31-53,38-60)42-10-12-46(62)44(14-42)56-20-40-17-49(3,27-56)22-50(4,18-40)28-56/h9-14,39-40,61-62H,15-38H2,1-8H3. The minimum absolute atomic E-state index is 0.140. The van der Waals surface area contributed by atoms with E-state index in [0.717, 1.165) is 11.8 Å². The molecule has 16 saturated carbocycles. The largest absolute Gasteiger partial charge is 0.508 e. The number of rotatable bonds is 5. The van der Waals surface area contributed by atoms with E-state index in [1.165, 1.54) is 165 Å². The summed E-state index contributed by atoms with van der Waals surface area (Å²) < 4.78 is 0. The molecule has 334 valence electrons. The van der Waals surface area contributed by atoms with Gasteiger partial charge in [0.05, 0.1) is 0 Å². The Hall–Kier alpha value is -1.96. The van der Waals surface area contributed by atoms with E-state index >= 15 is 0 Å². The second-order valence-electron chi connectivity index (χ2n) is 31.8. The van der Waals surface area contributed by atoms with Gasteiger partial charge in [-0.05, 0) is 254 Å². The van der Waals surface area contributed by atoms with Gasteiger partial charge in [0.2, 0.25) is 0 Å². The Kier molecular flexibility index (Phi) is 6.80. The Balaban J connectivity index is 0.884. The zero-order valence-corrected chi connectivity index (χ0v) is 40.5. The van der Waals surface area contributed by atoms with Crippen LogP contribution in [-0.4, -0.2) is 10.2 Å². The molecule has 8 atom stereocenters. The van der Waals surface area contributed by atoms with E-state index < -0.39 is 0 Å². The highest BCUT2D eigenvalue weighted by Gasteiger charge is 2.77. The van der Waals surface area contributed by atoms with E-state index in [0.29, 0.717) is 65.6 Å². The first kappa shape index (κ1) is 39.2. The van der Waals surface area contributed by atoms with Gasteiger partial charge in [0.15, 0.2) is 0 Å². The van der Waals surface area contributed by atoms with Gasteiger partial charge < -0.3 is 10.2 Å². The molecule has 0 heterocycles. The van der Waals surface area contributed by atoms with Gasteiger partial charge in [-0.25, -0.2) is 0 Å². The normalized spacial score (nSPS) is 59.1. The predicted molar refractivity (Wildman–Crippen MR) is 250 cm³/mol. The van der Waals surface area contributed by atoms with Crippen molar-refractivity contribution in [3.63, 3.8) is 0 Å². The van der Waals surface area contributed by atoms with E-state index in [4.69, 9.17) is 0 Å². The average molecular weight is 835 g/mol. The van der Waals surface area contributed by atoms with Crippen molar-refractivity contribution in [2.75, 3.05) is 0 Å². The molecule has 16 aliphatic rings. The first-order chi connectivity index (χ1) is 28.8. The molecule has 16 aliphatic carbocycles. The summed E-state index contributed by atoms with van der Waals surface area (Å²) in [5.41, 5.74) is 10.4. The highest BCUT2D eigenvalue weighted by Crippen LogP contribution is 2.86. The summed E-state index contributed by atoms with van der Waals surface area (Å²) in [6.45, 7) is 21.5. The Bertz CT molecular complexity index is 2130. The minimum Gasteiger partial charge on any atom is -0.508 e. The second-order valence-corrected chi connectivity index (χ2v) is 31.8. The Morgan fingerprint density at radius 2 is 0.613 bits per heavy atom. The molecular formula is C60H82O2. The Morgan fingerprint density at radius 3 is 0.919 bits per heavy atom. The van der Waals surface area contributed by atoms with Crippen LogP contribution in [0.5, 0.6) is 11.5 Å². The molecule has 62 heavy (non-hydrogen) atoms. The van der Waals surface area contributed by atoms with E-state index in [1.54, 1.807) is 11.1 Å². The monoisotopic (exact) mass is 835 g/mol. The SMILES string of the molecule is CC12CC3CC(C)(C1)CC(c1cc(C45CC6(C)CC(C)(C4)CC(C47CC8(C)CC(C)(CC(c9ccc(O)c(C%10%11CC%12CC(C)(CC(C)(C%12)C%10)C%11)c9)(C8)C4)C7)(C6)C5)ccc1O)(C3)C2. The predicted octanol–water partition coefficient (Wildman–Crippen LogP) is 15.5. The van der Waals surface area contributed by atoms with Crippen molar-refractivity contribution < 1.29 is 10.2 Å². The molecule has 18 rings (SSSR count). The molecule has 8 unspecified atom stereocenters. The molecule has 0 aromatic heterocycles. The number of hydrogen-bond acceptors (Lipinski definition) is 2. The van der Waals surface area contributed by atoms with Gasteiger partial charge >= 0.3 is 0 Å². The summed E-state index contributed by atoms with van der Waals surface area (Å²) in [5.74, 6) is 2.85. The van der Waals surface area contributed by atoms with E-state index in [2.05, 4.69) is 91.8 Å². The smallest absolute Gasteiger partial charge is 0.119 e. The molecule has 2 nitrogen and oxygen atoms in total. The topological polar surface area (TPSA) is 40.5 Å². The second kappa shape index (κ2) is 10.7. The van der Waals surface area contributed by atoms with Gasteiger partial charge in [-0.1, -0.05) is 79.7 Å². The first-order valence-electron chi connectivity index (χ1n) is 26.5. The van der Waals surface area contributed by atoms with Gasteiger partial charge in [0.1, 0.15) is 11.5 Å². The van der Waals surface area contributed by atoms with Crippen molar-refractivity contribution in [2.24, 2.45) is 66.0 Å². The van der Waals surface area contributed by atoms with Crippen LogP contribution in [0.3, 0.4) is 0 Å². The number of phenols is 2. The highest BCUT2D eigenvalue weighted by molar-refractivity contribution is 5.50. The fourth-order valence-electron chi connectivity index (χ4n) is 27.2. The quantitative estimate of drug-likeness (QED) is 0.315. The maximum Gasteiger partial charge on any atom is 0.119 e. The minimum atomic E-state index is 0.140. The maximum absolute atomic E-state index is 12.0. The van der Waals surface area contributed by atoms with Crippen molar-refractivity contribution in [3.8, 4) is 11.5 Å². The van der Waals surface area contributed by atoms with Crippen LogP contribution in [0.1, 0.15) is 232 Å². The fourth-order valence-corrected chi connectivity index (χ4v) is 27.2. The van der Waals surface area contributed by atoms with Crippen LogP contribution < -0.4 is 0 Å². The van der Waals surface area contributed by atoms with Crippen molar-refractivity contribution in [1.29, 1.82) is 0 Å². The van der Waals surface area contributed by atoms with E-state index in [9.17, 15) is 10.2 Å². The van der Waals surface area contributed by atoms with Crippen molar-refractivity contribution in [2.45, 2.75) is 231 Å². The highest BCUT2D eigenvalue weighted by atomic mass is 16.3. The number of aromatic hydroxyl groups is 2. The van der Waals surface area contributed by atoms with Crippen molar-refractivity contribution in [1.82, 2.24) is 0 Å². The lowest BCUT2D eigenvalue weighted by atomic mass is 9.24. The molecule has 0 spiro atoms. The molecule has 16 bridgehead atoms. The first-order valence-corrected chi connectivity index (χ1v) is 26.5. The van der Waals surface area contributed by atoms with Crippen LogP contribution in [-0.2, 0) is 21.7 Å². The van der Waals surface area contributed by atoms with Gasteiger partial charge in [0, 0.05) is 22.0 Å². The van der Waals surface area contributed by atoms with Crippen LogP contribution in [0.2, 0.25) is 0 Å². The summed E-state index contributed by atoms with van der Waals surface area (Å²) in [6.07, 6.45) is 32.7. The molecule has 16 fully saturated rings. The van der Waals surface area contributed by atoms with Crippen LogP contribution in [0.4, 0.5) is 0 Å². The van der Waals surface area contributed by atoms with Gasteiger partial charge in [-0.2, -0.15) is 0 Å². The lowest BCUT2D eigenvalue weighted by molar-refractivity contribution is -0.275. The van der Waals surface area contributed by atoms with Crippen LogP contribution in [0.15, 0.2) is 36.4 Å². The summed E-state index contributed by atoms with van der Waals surface area (Å²) in [4.78, 5) is 0. The molecule has 2 aromatic carbocycles. The van der Waals surface area contributed by atoms with Crippen LogP contribution >= 0.6 is 0 Å². The number of hydrogen-bond donors (Lipinski definition) is 2. The molecule has 0 radical (unpaired) electrons. The third-order valence-corrected chi connectivity index (χ3v) is 23.9. The maximum atomic E-state index is 12.0. The van der Waals surface area contributed by atoms with Gasteiger partial charge in [-0.15, -0.1) is 0 Å². The molecule has 0 saturated heterocycles. The molecule has 2 N–H and O–H groups in total. The summed E-state index contributed by atoms with van der Waals surface area (Å²) in [7, 11) is 0. The Morgan fingerprint density at radius 1 is 0.323 bits per heavy atom. The van der Waals surface area contributed by atoms with Crippen molar-refractivity contribution in [3.05, 3.63) is 58.7 Å². The summed E-state index contributed by atoms with van der Waals surface area (Å²) in [5, 5.41) is 24.1. The molecular weight excluding hydrogens is 753 g/mol. The van der Waals surface area contributed by atoms with E-state index in [1.807, 2.05) is 0 Å². The van der Waals surface area contributed by atoms with Crippen LogP contribution in [0, 0.1) is 66.0 Å². The zero-order chi connectivity index (χ0) is 42.8. The van der Waals surface area contributed by atoms with Crippen LogP contribution in [0.25, 0.3) is 0 Å². The summed E-state index contributed by atoms with van der Waals surface area (Å²) >= 11 is 0. The molecule has 0 aliphatic heterocycles. The lowest BCUT2D eigenvalue weighted by Crippen LogP contribution is -2.71. The fraction of sp³-hybridized carbons (Fsp3) is 0.800. The molecule has 0 amide bonds. The molecule has 2 aromatic rings. The Labute approximate surface area is 376 Å². The van der Waals surface area contributed by atoms with Crippen molar-refractivity contribution >= 4 is 0 Å². The summed E-state index contributed by atoms with van der Waals surface area (Å²) in [6, 6.07) is 14.7. The average Bonchev–Trinajstić information content (AvgIpc) is 3.05. The number of phenolic OH excluding ortho intramolecular Hbond substituents is 2. The third-order valence-electron chi connectivity index (χ3n) is 23.9. The zero-order valence-electron chi connectivity index (χ0n) is 40.5. The lowest BCUT2D eigenvalue weighted by Gasteiger charge is -2.80. The van der Waals surface area contributed by atoms with E-state index in [-0.39, 0.29) is 21.7 Å². The molecule has 2 heteroatoms. The van der Waals surface area contributed by atoms with Gasteiger partial charge in [-0.3, -0.25) is 0 Å². The van der Waals surface area contributed by atoms with Gasteiger partial charge in [0.25, 0.3) is 0 Å². The number of benzene rings is 2.